The molecule has 0 unspecified atom stereocenters. The van der Waals surface area contributed by atoms with Gasteiger partial charge in [0.05, 0.1) is 17.5 Å². The van der Waals surface area contributed by atoms with Gasteiger partial charge in [-0.3, -0.25) is 4.98 Å². The first kappa shape index (κ1) is 29.3. The summed E-state index contributed by atoms with van der Waals surface area (Å²) in [5, 5.41) is 12.0. The van der Waals surface area contributed by atoms with Crippen LogP contribution in [0.1, 0.15) is 85.8 Å². The van der Waals surface area contributed by atoms with Gasteiger partial charge in [0.15, 0.2) is 0 Å². The van der Waals surface area contributed by atoms with E-state index in [1.165, 1.54) is 72.3 Å². The fourth-order valence-corrected chi connectivity index (χ4v) is 5.57. The predicted molar refractivity (Wildman–Crippen MR) is 163 cm³/mol. The number of thiazole rings is 1. The molecule has 7 heteroatoms. The maximum absolute atomic E-state index is 11.2. The van der Waals surface area contributed by atoms with Gasteiger partial charge in [-0.25, -0.2) is 9.78 Å². The Kier molecular flexibility index (Phi) is 10.3. The third-order valence-electron chi connectivity index (χ3n) is 7.05. The Hall–Kier alpha value is -3.71. The lowest BCUT2D eigenvalue weighted by atomic mass is 10.00. The zero-order chi connectivity index (χ0) is 28.5. The Morgan fingerprint density at radius 1 is 1.00 bits per heavy atom. The molecule has 0 aliphatic carbocycles. The maximum atomic E-state index is 11.2. The van der Waals surface area contributed by atoms with E-state index in [9.17, 15) is 4.79 Å². The average Bonchev–Trinajstić information content (AvgIpc) is 3.44. The number of aromatic carboxylic acids is 1. The Morgan fingerprint density at radius 3 is 2.33 bits per heavy atom. The van der Waals surface area contributed by atoms with Crippen molar-refractivity contribution in [2.24, 2.45) is 0 Å². The highest BCUT2D eigenvalue weighted by molar-refractivity contribution is 7.09. The summed E-state index contributed by atoms with van der Waals surface area (Å²) >= 11 is 1.52. The molecule has 0 radical (unpaired) electrons. The Balaban J connectivity index is 1.46. The summed E-state index contributed by atoms with van der Waals surface area (Å²) in [5.41, 5.74) is 6.00. The molecule has 0 fully saturated rings. The summed E-state index contributed by atoms with van der Waals surface area (Å²) in [6.45, 7) is 10.1. The number of pyridine rings is 1. The number of rotatable bonds is 14. The maximum Gasteiger partial charge on any atom is 0.337 e. The highest BCUT2D eigenvalue weighted by Gasteiger charge is 2.19. The van der Waals surface area contributed by atoms with E-state index in [2.05, 4.69) is 86.1 Å². The van der Waals surface area contributed by atoms with Gasteiger partial charge in [0.2, 0.25) is 0 Å². The number of aromatic nitrogens is 2. The molecule has 2 aromatic heterocycles. The van der Waals surface area contributed by atoms with Gasteiger partial charge < -0.3 is 14.7 Å². The molecule has 1 N–H and O–H groups in total. The highest BCUT2D eigenvalue weighted by atomic mass is 32.1. The lowest BCUT2D eigenvalue weighted by Crippen LogP contribution is -2.34. The predicted octanol–water partition coefficient (Wildman–Crippen LogP) is 8.58. The summed E-state index contributed by atoms with van der Waals surface area (Å²) in [5.74, 6) is -0.0970. The lowest BCUT2D eigenvalue weighted by Gasteiger charge is -2.34. The number of hydrogen-bond donors (Lipinski definition) is 1. The summed E-state index contributed by atoms with van der Waals surface area (Å²) in [7, 11) is 0. The van der Waals surface area contributed by atoms with Crippen LogP contribution < -0.4 is 9.64 Å². The fraction of sp³-hybridized carbons (Fsp3) is 0.364. The molecular weight excluding hydrogens is 518 g/mol. The molecule has 6 nitrogen and oxygen atoms in total. The zero-order valence-electron chi connectivity index (χ0n) is 23.8. The minimum Gasteiger partial charge on any atom is -0.485 e. The molecule has 0 aliphatic heterocycles. The highest BCUT2D eigenvalue weighted by Crippen LogP contribution is 2.29. The Labute approximate surface area is 241 Å². The second kappa shape index (κ2) is 14.1. The first-order valence-electron chi connectivity index (χ1n) is 14.1. The molecular formula is C33H39N3O3S. The van der Waals surface area contributed by atoms with Crippen LogP contribution in [0.25, 0.3) is 11.3 Å². The molecule has 4 rings (SSSR count). The van der Waals surface area contributed by atoms with Crippen LogP contribution in [0.2, 0.25) is 0 Å². The third kappa shape index (κ3) is 7.69. The van der Waals surface area contributed by atoms with Crippen molar-refractivity contribution < 1.29 is 14.6 Å². The molecule has 2 aromatic carbocycles. The van der Waals surface area contributed by atoms with Gasteiger partial charge in [0.25, 0.3) is 0 Å². The number of anilines is 1. The topological polar surface area (TPSA) is 75.5 Å². The zero-order valence-corrected chi connectivity index (χ0v) is 24.7. The van der Waals surface area contributed by atoms with E-state index < -0.39 is 5.97 Å². The van der Waals surface area contributed by atoms with Crippen LogP contribution in [0.4, 0.5) is 5.69 Å². The molecule has 0 aliphatic rings. The lowest BCUT2D eigenvalue weighted by molar-refractivity contribution is 0.0695. The molecule has 0 atom stereocenters. The molecule has 0 spiro atoms. The normalized spacial score (nSPS) is 11.2. The number of nitrogens with zero attached hydrogens (tertiary/aromatic N) is 3. The van der Waals surface area contributed by atoms with Crippen LogP contribution in [0.3, 0.4) is 0 Å². The third-order valence-corrected chi connectivity index (χ3v) is 7.88. The molecule has 0 saturated carbocycles. The summed E-state index contributed by atoms with van der Waals surface area (Å²) in [6, 6.07) is 19.8. The van der Waals surface area contributed by atoms with Gasteiger partial charge in [-0.05, 0) is 48.1 Å². The standard InChI is InChI=1S/C33H39N3O3S/c1-5-7-28(8-6-2)36(29-15-13-25(14-16-29)23(3)4)20-24-9-11-26(12-10-24)31-22-40-32(35-31)21-39-30-17-27(33(37)38)18-34-19-30/h9-19,22-23,28H,5-8,20-21H2,1-4H3,(H,37,38). The van der Waals surface area contributed by atoms with Crippen molar-refractivity contribution in [3.8, 4) is 17.0 Å². The molecule has 0 bridgehead atoms. The number of benzene rings is 2. The quantitative estimate of drug-likeness (QED) is 0.167. The summed E-state index contributed by atoms with van der Waals surface area (Å²) in [6.07, 6.45) is 7.50. The van der Waals surface area contributed by atoms with Crippen LogP contribution >= 0.6 is 11.3 Å². The number of hydrogen-bond acceptors (Lipinski definition) is 6. The fourth-order valence-electron chi connectivity index (χ4n) is 4.85. The van der Waals surface area contributed by atoms with Crippen molar-refractivity contribution >= 4 is 23.0 Å². The van der Waals surface area contributed by atoms with Gasteiger partial charge >= 0.3 is 5.97 Å². The number of carbonyl (C=O) groups is 1. The van der Waals surface area contributed by atoms with E-state index in [4.69, 9.17) is 14.8 Å². The Morgan fingerprint density at radius 2 is 1.70 bits per heavy atom. The van der Waals surface area contributed by atoms with Crippen LogP contribution in [0.15, 0.2) is 72.4 Å². The average molecular weight is 558 g/mol. The monoisotopic (exact) mass is 557 g/mol. The van der Waals surface area contributed by atoms with Gasteiger partial charge in [-0.1, -0.05) is 76.9 Å². The van der Waals surface area contributed by atoms with Gasteiger partial charge in [-0.15, -0.1) is 11.3 Å². The van der Waals surface area contributed by atoms with Gasteiger partial charge in [-0.2, -0.15) is 0 Å². The SMILES string of the molecule is CCCC(CCC)N(Cc1ccc(-c2csc(COc3cncc(C(=O)O)c3)n2)cc1)c1ccc(C(C)C)cc1. The number of carboxylic acids is 1. The largest absolute Gasteiger partial charge is 0.485 e. The van der Waals surface area contributed by atoms with E-state index in [0.717, 1.165) is 22.8 Å². The summed E-state index contributed by atoms with van der Waals surface area (Å²) in [4.78, 5) is 22.4. The molecule has 0 saturated heterocycles. The van der Waals surface area contributed by atoms with Crippen molar-refractivity contribution in [3.63, 3.8) is 0 Å². The second-order valence-corrected chi connectivity index (χ2v) is 11.4. The molecule has 210 valence electrons. The minimum atomic E-state index is -1.03. The smallest absolute Gasteiger partial charge is 0.337 e. The van der Waals surface area contributed by atoms with Crippen LogP contribution in [-0.4, -0.2) is 27.1 Å². The van der Waals surface area contributed by atoms with Crippen LogP contribution in [-0.2, 0) is 13.2 Å². The van der Waals surface area contributed by atoms with E-state index in [1.54, 1.807) is 0 Å². The molecule has 40 heavy (non-hydrogen) atoms. The van der Waals surface area contributed by atoms with Gasteiger partial charge in [0, 0.05) is 35.4 Å². The molecule has 4 aromatic rings. The van der Waals surface area contributed by atoms with Crippen molar-refractivity contribution in [1.29, 1.82) is 0 Å². The van der Waals surface area contributed by atoms with E-state index in [-0.39, 0.29) is 12.2 Å². The van der Waals surface area contributed by atoms with Crippen molar-refractivity contribution in [1.82, 2.24) is 9.97 Å². The second-order valence-electron chi connectivity index (χ2n) is 10.4. The first-order valence-corrected chi connectivity index (χ1v) is 15.0. The van der Waals surface area contributed by atoms with Crippen LogP contribution in [0, 0.1) is 0 Å². The van der Waals surface area contributed by atoms with Crippen molar-refractivity contribution in [2.45, 2.75) is 78.5 Å². The van der Waals surface area contributed by atoms with E-state index >= 15 is 0 Å². The molecule has 2 heterocycles. The first-order chi connectivity index (χ1) is 19.4. The molecule has 0 amide bonds. The Bertz CT molecular complexity index is 1360. The summed E-state index contributed by atoms with van der Waals surface area (Å²) < 4.78 is 5.74. The van der Waals surface area contributed by atoms with Gasteiger partial charge in [0.1, 0.15) is 17.4 Å². The number of ether oxygens (including phenoxy) is 1. The van der Waals surface area contributed by atoms with Crippen molar-refractivity contribution in [2.75, 3.05) is 4.90 Å². The number of carboxylic acid groups (broad SMARTS) is 1. The van der Waals surface area contributed by atoms with E-state index in [1.807, 2.05) is 5.38 Å². The van der Waals surface area contributed by atoms with E-state index in [0.29, 0.717) is 17.7 Å². The van der Waals surface area contributed by atoms with Crippen molar-refractivity contribution in [3.05, 3.63) is 94.1 Å². The minimum absolute atomic E-state index is 0.0965. The van der Waals surface area contributed by atoms with Crippen LogP contribution in [0.5, 0.6) is 5.75 Å².